The van der Waals surface area contributed by atoms with Crippen LogP contribution in [0, 0.1) is 11.8 Å². The average Bonchev–Trinajstić information content (AvgIpc) is 2.27. The number of nitrogens with zero attached hydrogens (tertiary/aromatic N) is 2. The van der Waals surface area contributed by atoms with Gasteiger partial charge in [0.25, 0.3) is 0 Å². The first-order valence-corrected chi connectivity index (χ1v) is 7.17. The normalized spacial score (nSPS) is 28.6. The predicted octanol–water partition coefficient (Wildman–Crippen LogP) is 1.18. The van der Waals surface area contributed by atoms with E-state index in [1.54, 1.807) is 11.8 Å². The van der Waals surface area contributed by atoms with Crippen molar-refractivity contribution in [3.05, 3.63) is 0 Å². The Kier molecular flexibility index (Phi) is 4.82. The van der Waals surface area contributed by atoms with Crippen LogP contribution in [0.4, 0.5) is 0 Å². The van der Waals surface area contributed by atoms with E-state index in [1.807, 2.05) is 13.2 Å². The van der Waals surface area contributed by atoms with Crippen molar-refractivity contribution in [2.45, 2.75) is 33.5 Å². The van der Waals surface area contributed by atoms with Crippen molar-refractivity contribution in [3.63, 3.8) is 0 Å². The summed E-state index contributed by atoms with van der Waals surface area (Å²) in [6, 6.07) is 0. The van der Waals surface area contributed by atoms with Gasteiger partial charge in [0.05, 0.1) is 0 Å². The first-order chi connectivity index (χ1) is 7.92. The monoisotopic (exact) mass is 257 g/mol. The fourth-order valence-corrected chi connectivity index (χ4v) is 2.04. The molecule has 5 nitrogen and oxygen atoms in total. The maximum atomic E-state index is 6.36. The predicted molar refractivity (Wildman–Crippen MR) is 76.1 cm³/mol. The summed E-state index contributed by atoms with van der Waals surface area (Å²) in [7, 11) is 0. The van der Waals surface area contributed by atoms with Crippen LogP contribution in [-0.2, 0) is 0 Å². The van der Waals surface area contributed by atoms with Crippen LogP contribution in [0.25, 0.3) is 0 Å². The van der Waals surface area contributed by atoms with Crippen LogP contribution in [0.5, 0.6) is 0 Å². The standard InChI is InChI=1S/C11H23N5S/c1-6-13-9-14-10(17-5)16-11(12,15-9)8(4)7(2)3/h7-8H,6,12H2,1-5H3,(H2,13,14,15,16). The number of hydrogen-bond donors (Lipinski definition) is 3. The van der Waals surface area contributed by atoms with Crippen LogP contribution in [0.2, 0.25) is 0 Å². The summed E-state index contributed by atoms with van der Waals surface area (Å²) in [4.78, 5) is 8.88. The van der Waals surface area contributed by atoms with Crippen LogP contribution < -0.4 is 16.4 Å². The van der Waals surface area contributed by atoms with Crippen molar-refractivity contribution in [2.24, 2.45) is 27.6 Å². The van der Waals surface area contributed by atoms with Gasteiger partial charge < -0.3 is 10.6 Å². The van der Waals surface area contributed by atoms with Crippen LogP contribution in [0.1, 0.15) is 27.7 Å². The van der Waals surface area contributed by atoms with Gasteiger partial charge in [-0.3, -0.25) is 10.7 Å². The Morgan fingerprint density at radius 2 is 2.12 bits per heavy atom. The molecule has 0 spiro atoms. The molecule has 2 unspecified atom stereocenters. The molecule has 0 bridgehead atoms. The Hall–Kier alpha value is -0.750. The molecular formula is C11H23N5S. The van der Waals surface area contributed by atoms with E-state index in [2.05, 4.69) is 41.4 Å². The molecule has 0 aromatic carbocycles. The first-order valence-electron chi connectivity index (χ1n) is 5.95. The molecule has 0 aromatic rings. The van der Waals surface area contributed by atoms with Crippen molar-refractivity contribution in [1.82, 2.24) is 10.6 Å². The Morgan fingerprint density at radius 3 is 2.59 bits per heavy atom. The van der Waals surface area contributed by atoms with Gasteiger partial charge in [-0.05, 0) is 19.1 Å². The van der Waals surface area contributed by atoms with E-state index >= 15 is 0 Å². The highest BCUT2D eigenvalue weighted by Crippen LogP contribution is 2.24. The molecule has 6 heteroatoms. The molecule has 0 aliphatic carbocycles. The highest BCUT2D eigenvalue weighted by atomic mass is 32.2. The van der Waals surface area contributed by atoms with E-state index in [0.29, 0.717) is 18.4 Å². The number of thioether (sulfide) groups is 1. The first kappa shape index (κ1) is 14.3. The molecule has 17 heavy (non-hydrogen) atoms. The van der Waals surface area contributed by atoms with Gasteiger partial charge in [-0.2, -0.15) is 0 Å². The summed E-state index contributed by atoms with van der Waals surface area (Å²) in [5, 5.41) is 7.13. The zero-order valence-corrected chi connectivity index (χ0v) is 12.1. The molecule has 0 radical (unpaired) electrons. The van der Waals surface area contributed by atoms with Crippen molar-refractivity contribution in [3.8, 4) is 0 Å². The third kappa shape index (κ3) is 3.35. The van der Waals surface area contributed by atoms with Crippen molar-refractivity contribution in [2.75, 3.05) is 12.8 Å². The molecule has 1 rings (SSSR count). The quantitative estimate of drug-likeness (QED) is 0.710. The Balaban J connectivity index is 3.01. The van der Waals surface area contributed by atoms with Gasteiger partial charge >= 0.3 is 0 Å². The third-order valence-electron chi connectivity index (χ3n) is 3.03. The van der Waals surface area contributed by atoms with E-state index in [4.69, 9.17) is 5.73 Å². The van der Waals surface area contributed by atoms with Crippen LogP contribution in [-0.4, -0.2) is 29.7 Å². The molecule has 1 heterocycles. The maximum Gasteiger partial charge on any atom is 0.200 e. The number of aliphatic imine (C=N–C) groups is 2. The molecule has 1 aliphatic rings. The lowest BCUT2D eigenvalue weighted by Gasteiger charge is -2.39. The number of nitrogens with two attached hydrogens (primary N) is 1. The van der Waals surface area contributed by atoms with Gasteiger partial charge in [0.15, 0.2) is 16.9 Å². The second-order valence-corrected chi connectivity index (χ2v) is 5.35. The molecule has 1 aliphatic heterocycles. The average molecular weight is 257 g/mol. The van der Waals surface area contributed by atoms with E-state index in [9.17, 15) is 0 Å². The number of amidine groups is 1. The fraction of sp³-hybridized carbons (Fsp3) is 0.818. The molecular weight excluding hydrogens is 234 g/mol. The van der Waals surface area contributed by atoms with Gasteiger partial charge in [-0.25, -0.2) is 4.99 Å². The summed E-state index contributed by atoms with van der Waals surface area (Å²) < 4.78 is 0. The number of hydrogen-bond acceptors (Lipinski definition) is 4. The maximum absolute atomic E-state index is 6.36. The molecule has 0 fully saturated rings. The highest BCUT2D eigenvalue weighted by molar-refractivity contribution is 8.13. The van der Waals surface area contributed by atoms with Gasteiger partial charge in [-0.15, -0.1) is 0 Å². The van der Waals surface area contributed by atoms with E-state index in [-0.39, 0.29) is 5.92 Å². The summed E-state index contributed by atoms with van der Waals surface area (Å²) in [5.74, 6) is 0.599. The number of rotatable bonds is 3. The smallest absolute Gasteiger partial charge is 0.200 e. The van der Waals surface area contributed by atoms with E-state index < -0.39 is 5.79 Å². The van der Waals surface area contributed by atoms with Gasteiger partial charge in [-0.1, -0.05) is 32.5 Å². The fourth-order valence-electron chi connectivity index (χ4n) is 1.60. The number of guanidine groups is 1. The minimum Gasteiger partial charge on any atom is -0.319 e. The number of nitrogens with one attached hydrogen (secondary N) is 2. The van der Waals surface area contributed by atoms with Gasteiger partial charge in [0.2, 0.25) is 0 Å². The van der Waals surface area contributed by atoms with Gasteiger partial charge in [0, 0.05) is 12.5 Å². The molecule has 0 aromatic heterocycles. The Morgan fingerprint density at radius 1 is 1.47 bits per heavy atom. The lowest BCUT2D eigenvalue weighted by atomic mass is 9.91. The molecule has 0 saturated carbocycles. The minimum absolute atomic E-state index is 0.216. The zero-order chi connectivity index (χ0) is 13.1. The molecule has 0 saturated heterocycles. The van der Waals surface area contributed by atoms with Crippen molar-refractivity contribution in [1.29, 1.82) is 0 Å². The Bertz CT molecular complexity index is 326. The largest absolute Gasteiger partial charge is 0.319 e. The van der Waals surface area contributed by atoms with Crippen LogP contribution >= 0.6 is 11.8 Å². The summed E-state index contributed by atoms with van der Waals surface area (Å²) in [6.07, 6.45) is 1.97. The Labute approximate surface area is 108 Å². The second-order valence-electron chi connectivity index (χ2n) is 4.55. The molecule has 2 atom stereocenters. The summed E-state index contributed by atoms with van der Waals surface area (Å²) in [6.45, 7) is 9.10. The lowest BCUT2D eigenvalue weighted by molar-refractivity contribution is 0.212. The molecule has 0 amide bonds. The van der Waals surface area contributed by atoms with Crippen LogP contribution in [0.3, 0.4) is 0 Å². The van der Waals surface area contributed by atoms with Gasteiger partial charge in [0.1, 0.15) is 0 Å². The summed E-state index contributed by atoms with van der Waals surface area (Å²) >= 11 is 1.54. The van der Waals surface area contributed by atoms with Crippen molar-refractivity contribution < 1.29 is 0 Å². The summed E-state index contributed by atoms with van der Waals surface area (Å²) in [5.41, 5.74) is 6.36. The third-order valence-corrected chi connectivity index (χ3v) is 3.61. The minimum atomic E-state index is -0.772. The molecule has 4 N–H and O–H groups in total. The topological polar surface area (TPSA) is 74.8 Å². The van der Waals surface area contributed by atoms with Crippen LogP contribution in [0.15, 0.2) is 9.98 Å². The highest BCUT2D eigenvalue weighted by Gasteiger charge is 2.37. The van der Waals surface area contributed by atoms with Crippen molar-refractivity contribution >= 4 is 22.9 Å². The SMILES string of the molecule is CCN=C1NC(SC)=NC(N)(C(C)C(C)C)N1. The van der Waals surface area contributed by atoms with E-state index in [1.165, 1.54) is 0 Å². The lowest BCUT2D eigenvalue weighted by Crippen LogP contribution is -2.66. The second kappa shape index (κ2) is 5.73. The zero-order valence-electron chi connectivity index (χ0n) is 11.2. The molecule has 98 valence electrons. The van der Waals surface area contributed by atoms with E-state index in [0.717, 1.165) is 5.17 Å².